The molecule has 1 fully saturated rings. The number of aliphatic carboxylic acids is 1. The molecule has 1 unspecified atom stereocenters. The van der Waals surface area contributed by atoms with E-state index in [9.17, 15) is 23.1 Å². The highest BCUT2D eigenvalue weighted by Crippen LogP contribution is 2.59. The number of amides is 1. The lowest BCUT2D eigenvalue weighted by Crippen LogP contribution is -2.39. The quantitative estimate of drug-likeness (QED) is 0.238. The maximum Gasteiger partial charge on any atom is 0.319 e. The van der Waals surface area contributed by atoms with Gasteiger partial charge in [0, 0.05) is 35.1 Å². The van der Waals surface area contributed by atoms with Crippen LogP contribution >= 0.6 is 0 Å². The number of hydrogen-bond donors (Lipinski definition) is 3. The van der Waals surface area contributed by atoms with E-state index in [0.717, 1.165) is 64.6 Å². The molecule has 1 saturated carbocycles. The summed E-state index contributed by atoms with van der Waals surface area (Å²) in [5.41, 5.74) is 5.15. The Bertz CT molecular complexity index is 1960. The Morgan fingerprint density at radius 3 is 2.50 bits per heavy atom. The van der Waals surface area contributed by atoms with Gasteiger partial charge in [-0.05, 0) is 71.4 Å². The highest BCUT2D eigenvalue weighted by atomic mass is 32.2. The number of carbonyl (C=O) groups is 2. The van der Waals surface area contributed by atoms with Gasteiger partial charge >= 0.3 is 16.2 Å². The predicted molar refractivity (Wildman–Crippen MR) is 167 cm³/mol. The number of hydrogen-bond acceptors (Lipinski definition) is 5. The molecule has 2 aliphatic carbocycles. The second kappa shape index (κ2) is 10.6. The van der Waals surface area contributed by atoms with Gasteiger partial charge in [0.25, 0.3) is 5.91 Å². The Labute approximate surface area is 255 Å². The van der Waals surface area contributed by atoms with Crippen LogP contribution in [0.3, 0.4) is 0 Å². The minimum absolute atomic E-state index is 0.0379. The van der Waals surface area contributed by atoms with E-state index in [4.69, 9.17) is 4.74 Å². The van der Waals surface area contributed by atoms with Gasteiger partial charge in [-0.3, -0.25) is 9.59 Å². The minimum atomic E-state index is -4.14. The number of rotatable bonds is 8. The number of nitrogens with zero attached hydrogens (tertiary/aromatic N) is 1. The van der Waals surface area contributed by atoms with E-state index in [0.29, 0.717) is 11.3 Å². The molecule has 44 heavy (non-hydrogen) atoms. The molecule has 0 spiro atoms. The van der Waals surface area contributed by atoms with Crippen molar-refractivity contribution in [2.45, 2.75) is 51.1 Å². The van der Waals surface area contributed by atoms with Gasteiger partial charge in [0.05, 0.1) is 12.8 Å². The van der Waals surface area contributed by atoms with E-state index in [1.165, 1.54) is 6.42 Å². The van der Waals surface area contributed by atoms with Crippen LogP contribution in [-0.4, -0.2) is 37.1 Å². The van der Waals surface area contributed by atoms with Crippen LogP contribution in [0, 0.1) is 5.41 Å². The van der Waals surface area contributed by atoms with Crippen molar-refractivity contribution in [2.24, 2.45) is 5.41 Å². The maximum atomic E-state index is 13.3. The molecule has 0 saturated heterocycles. The van der Waals surface area contributed by atoms with Gasteiger partial charge in [-0.2, -0.15) is 13.1 Å². The minimum Gasteiger partial charge on any atom is -0.497 e. The summed E-state index contributed by atoms with van der Waals surface area (Å²) in [6.07, 6.45) is 7.26. The molecule has 9 nitrogen and oxygen atoms in total. The highest BCUT2D eigenvalue weighted by molar-refractivity contribution is 7.88. The molecule has 2 heterocycles. The maximum absolute atomic E-state index is 13.3. The highest BCUT2D eigenvalue weighted by Gasteiger charge is 2.55. The van der Waals surface area contributed by atoms with Crippen molar-refractivity contribution in [3.63, 3.8) is 0 Å². The average Bonchev–Trinajstić information content (AvgIpc) is 3.71. The number of ether oxygens (including phenoxy) is 1. The van der Waals surface area contributed by atoms with Crippen LogP contribution in [0.4, 0.5) is 0 Å². The Balaban J connectivity index is 1.33. The molecule has 3 aromatic carbocycles. The van der Waals surface area contributed by atoms with Crippen molar-refractivity contribution in [2.75, 3.05) is 7.11 Å². The number of carboxylic acids is 1. The van der Waals surface area contributed by atoms with Crippen molar-refractivity contribution < 1.29 is 27.9 Å². The molecule has 3 aliphatic rings. The number of carbonyl (C=O) groups excluding carboxylic acids is 1. The van der Waals surface area contributed by atoms with Crippen molar-refractivity contribution in [1.82, 2.24) is 14.0 Å². The molecule has 4 aromatic rings. The van der Waals surface area contributed by atoms with Gasteiger partial charge in [-0.15, -0.1) is 0 Å². The third-order valence-corrected chi connectivity index (χ3v) is 10.2. The summed E-state index contributed by atoms with van der Waals surface area (Å²) in [5.74, 6) is -0.761. The predicted octanol–water partition coefficient (Wildman–Crippen LogP) is 5.61. The van der Waals surface area contributed by atoms with E-state index in [2.05, 4.69) is 9.44 Å². The summed E-state index contributed by atoms with van der Waals surface area (Å²) >= 11 is 0. The molecule has 1 aromatic heterocycles. The molecule has 10 heteroatoms. The van der Waals surface area contributed by atoms with Crippen LogP contribution in [0.2, 0.25) is 0 Å². The Morgan fingerprint density at radius 1 is 1.00 bits per heavy atom. The number of benzene rings is 3. The van der Waals surface area contributed by atoms with Crippen molar-refractivity contribution >= 4 is 38.6 Å². The largest absolute Gasteiger partial charge is 0.497 e. The first-order valence-corrected chi connectivity index (χ1v) is 16.4. The van der Waals surface area contributed by atoms with E-state index in [1.54, 1.807) is 37.5 Å². The lowest BCUT2D eigenvalue weighted by atomic mass is 9.81. The molecule has 0 bridgehead atoms. The monoisotopic (exact) mass is 611 g/mol. The smallest absolute Gasteiger partial charge is 0.319 e. The fraction of sp³-hybridized carbons (Fsp3) is 0.294. The zero-order valence-electron chi connectivity index (χ0n) is 24.3. The van der Waals surface area contributed by atoms with Crippen molar-refractivity contribution in [3.05, 3.63) is 95.1 Å². The molecule has 226 valence electrons. The molecule has 1 amide bonds. The van der Waals surface area contributed by atoms with Crippen LogP contribution < -0.4 is 14.2 Å². The summed E-state index contributed by atoms with van der Waals surface area (Å²) in [4.78, 5) is 26.1. The topological polar surface area (TPSA) is 127 Å². The number of methoxy groups -OCH3 is 1. The van der Waals surface area contributed by atoms with E-state index >= 15 is 0 Å². The number of carboxylic acid groups (broad SMARTS) is 1. The zero-order valence-corrected chi connectivity index (χ0v) is 25.1. The first kappa shape index (κ1) is 28.4. The van der Waals surface area contributed by atoms with Crippen LogP contribution in [0.5, 0.6) is 5.75 Å². The molecule has 0 radical (unpaired) electrons. The van der Waals surface area contributed by atoms with Crippen molar-refractivity contribution in [3.8, 4) is 17.0 Å². The lowest BCUT2D eigenvalue weighted by Gasteiger charge is -2.24. The third kappa shape index (κ3) is 4.78. The average molecular weight is 612 g/mol. The summed E-state index contributed by atoms with van der Waals surface area (Å²) in [6.45, 7) is 0.214. The van der Waals surface area contributed by atoms with E-state index < -0.39 is 27.5 Å². The normalized spacial score (nSPS) is 19.2. The van der Waals surface area contributed by atoms with Gasteiger partial charge in [-0.1, -0.05) is 61.7 Å². The van der Waals surface area contributed by atoms with Crippen LogP contribution in [0.15, 0.2) is 72.8 Å². The number of aromatic nitrogens is 1. The SMILES string of the molecule is COc1ccc2c(c1)C1=CC1(C(=O)O)Cn1c-2c(C2CCCCC2)c2ccc(C(=O)NS(=O)(=O)NCc3ccccc3)cc21. The lowest BCUT2D eigenvalue weighted by molar-refractivity contribution is -0.142. The second-order valence-corrected chi connectivity index (χ2v) is 13.4. The molecule has 3 N–H and O–H groups in total. The molecule has 1 aliphatic heterocycles. The van der Waals surface area contributed by atoms with Gasteiger partial charge in [0.2, 0.25) is 0 Å². The third-order valence-electron chi connectivity index (χ3n) is 9.26. The summed E-state index contributed by atoms with van der Waals surface area (Å²) in [7, 11) is -2.54. The summed E-state index contributed by atoms with van der Waals surface area (Å²) in [5, 5.41) is 11.4. The van der Waals surface area contributed by atoms with Crippen LogP contribution in [-0.2, 0) is 28.1 Å². The second-order valence-electron chi connectivity index (χ2n) is 11.9. The summed E-state index contributed by atoms with van der Waals surface area (Å²) < 4.78 is 37.6. The Kier molecular flexibility index (Phi) is 6.86. The van der Waals surface area contributed by atoms with Gasteiger partial charge in [0.15, 0.2) is 0 Å². The van der Waals surface area contributed by atoms with Crippen molar-refractivity contribution in [1.29, 1.82) is 0 Å². The van der Waals surface area contributed by atoms with E-state index in [1.807, 2.05) is 47.0 Å². The van der Waals surface area contributed by atoms with Gasteiger partial charge in [0.1, 0.15) is 11.2 Å². The van der Waals surface area contributed by atoms with Crippen LogP contribution in [0.1, 0.15) is 65.1 Å². The number of fused-ring (bicyclic) bond motifs is 7. The Hall–Kier alpha value is -4.41. The fourth-order valence-electron chi connectivity index (χ4n) is 7.00. The van der Waals surface area contributed by atoms with Gasteiger partial charge < -0.3 is 14.4 Å². The van der Waals surface area contributed by atoms with Gasteiger partial charge in [-0.25, -0.2) is 4.72 Å². The van der Waals surface area contributed by atoms with Crippen LogP contribution in [0.25, 0.3) is 27.7 Å². The summed E-state index contributed by atoms with van der Waals surface area (Å²) in [6, 6.07) is 20.1. The molecular formula is C34H33N3O6S. The zero-order chi connectivity index (χ0) is 30.6. The fourth-order valence-corrected chi connectivity index (χ4v) is 7.79. The Morgan fingerprint density at radius 2 is 1.77 bits per heavy atom. The first-order valence-electron chi connectivity index (χ1n) is 14.9. The first-order chi connectivity index (χ1) is 21.2. The molecular weight excluding hydrogens is 578 g/mol. The molecule has 1 atom stereocenters. The van der Waals surface area contributed by atoms with E-state index in [-0.39, 0.29) is 24.6 Å². The molecule has 7 rings (SSSR count). The number of nitrogens with one attached hydrogen (secondary N) is 2. The standard InChI is InChI=1S/C34H33N3O6S/c1-43-24-13-15-25-27(17-24)28-18-34(28,33(39)40)20-37-29-16-23(12-14-26(29)30(31(25)37)22-10-6-3-7-11-22)32(38)36-44(41,42)35-19-21-8-4-2-5-9-21/h2,4-5,8-9,12-18,22,35H,3,6-7,10-11,19-20H2,1H3,(H,36,38)(H,39,40).